The lowest BCUT2D eigenvalue weighted by atomic mass is 9.95. The zero-order valence-corrected chi connectivity index (χ0v) is 9.56. The summed E-state index contributed by atoms with van der Waals surface area (Å²) >= 11 is 0. The Morgan fingerprint density at radius 3 is 3.00 bits per heavy atom. The van der Waals surface area contributed by atoms with Crippen molar-refractivity contribution in [3.05, 3.63) is 29.3 Å². The van der Waals surface area contributed by atoms with Crippen molar-refractivity contribution < 1.29 is 14.6 Å². The van der Waals surface area contributed by atoms with Crippen molar-refractivity contribution in [3.8, 4) is 5.75 Å². The number of rotatable bonds is 2. The molecule has 1 aromatic rings. The topological polar surface area (TPSA) is 46.5 Å². The van der Waals surface area contributed by atoms with Gasteiger partial charge < -0.3 is 9.84 Å². The number of carbonyl (C=O) groups excluding carboxylic acids is 1. The van der Waals surface area contributed by atoms with Gasteiger partial charge in [-0.25, -0.2) is 0 Å². The highest BCUT2D eigenvalue weighted by atomic mass is 16.5. The van der Waals surface area contributed by atoms with E-state index < -0.39 is 0 Å². The quantitative estimate of drug-likeness (QED) is 0.777. The summed E-state index contributed by atoms with van der Waals surface area (Å²) in [5.74, 6) is 0.152. The van der Waals surface area contributed by atoms with Gasteiger partial charge in [0.15, 0.2) is 0 Å². The molecule has 3 nitrogen and oxygen atoms in total. The van der Waals surface area contributed by atoms with Gasteiger partial charge in [0, 0.05) is 0 Å². The van der Waals surface area contributed by atoms with Crippen molar-refractivity contribution in [2.75, 3.05) is 6.61 Å². The highest BCUT2D eigenvalue weighted by Gasteiger charge is 2.35. The van der Waals surface area contributed by atoms with Gasteiger partial charge in [0.1, 0.15) is 5.75 Å². The van der Waals surface area contributed by atoms with Gasteiger partial charge in [0.2, 0.25) is 0 Å². The molecule has 0 radical (unpaired) electrons. The molecule has 1 aromatic carbocycles. The molecule has 0 fully saturated rings. The minimum atomic E-state index is -0.134. The Bertz CT molecular complexity index is 412. The van der Waals surface area contributed by atoms with Gasteiger partial charge in [-0.2, -0.15) is 0 Å². The maximum Gasteiger partial charge on any atom is 0.309 e. The fourth-order valence-corrected chi connectivity index (χ4v) is 2.36. The number of phenolic OH excluding ortho intramolecular Hbond substituents is 1. The van der Waals surface area contributed by atoms with Gasteiger partial charge in [-0.3, -0.25) is 4.79 Å². The van der Waals surface area contributed by atoms with Crippen LogP contribution in [-0.2, 0) is 16.0 Å². The predicted octanol–water partition coefficient (Wildman–Crippen LogP) is 2.23. The predicted molar refractivity (Wildman–Crippen MR) is 60.3 cm³/mol. The van der Waals surface area contributed by atoms with Crippen LogP contribution in [0.25, 0.3) is 0 Å². The Morgan fingerprint density at radius 1 is 1.56 bits per heavy atom. The first-order valence-corrected chi connectivity index (χ1v) is 5.62. The minimum Gasteiger partial charge on any atom is -0.508 e. The van der Waals surface area contributed by atoms with Gasteiger partial charge in [-0.05, 0) is 42.5 Å². The van der Waals surface area contributed by atoms with Crippen molar-refractivity contribution in [3.63, 3.8) is 0 Å². The molecule has 0 saturated carbocycles. The SMILES string of the molecule is CCOC(=O)C1Cc2ccc(O)cc2C1C. The van der Waals surface area contributed by atoms with E-state index in [4.69, 9.17) is 4.74 Å². The lowest BCUT2D eigenvalue weighted by Gasteiger charge is -2.14. The van der Waals surface area contributed by atoms with Gasteiger partial charge >= 0.3 is 5.97 Å². The standard InChI is InChI=1S/C13H16O3/c1-3-16-13(15)12-6-9-4-5-10(14)7-11(9)8(12)2/h4-5,7-8,12,14H,3,6H2,1-2H3. The van der Waals surface area contributed by atoms with Crippen molar-refractivity contribution in [2.24, 2.45) is 5.92 Å². The maximum absolute atomic E-state index is 11.7. The summed E-state index contributed by atoms with van der Waals surface area (Å²) in [4.78, 5) is 11.7. The number of hydrogen-bond acceptors (Lipinski definition) is 3. The van der Waals surface area contributed by atoms with Crippen LogP contribution in [-0.4, -0.2) is 17.7 Å². The van der Waals surface area contributed by atoms with E-state index in [0.29, 0.717) is 6.61 Å². The van der Waals surface area contributed by atoms with E-state index in [9.17, 15) is 9.90 Å². The first kappa shape index (κ1) is 11.0. The maximum atomic E-state index is 11.7. The molecular formula is C13H16O3. The zero-order chi connectivity index (χ0) is 11.7. The van der Waals surface area contributed by atoms with E-state index in [-0.39, 0.29) is 23.6 Å². The number of benzene rings is 1. The molecular weight excluding hydrogens is 204 g/mol. The van der Waals surface area contributed by atoms with Crippen LogP contribution in [0.4, 0.5) is 0 Å². The zero-order valence-electron chi connectivity index (χ0n) is 9.56. The Hall–Kier alpha value is -1.51. The number of esters is 1. The second kappa shape index (κ2) is 4.16. The number of aromatic hydroxyl groups is 1. The van der Waals surface area contributed by atoms with Crippen LogP contribution in [0.15, 0.2) is 18.2 Å². The molecule has 1 aliphatic carbocycles. The van der Waals surface area contributed by atoms with Crippen LogP contribution >= 0.6 is 0 Å². The lowest BCUT2D eigenvalue weighted by molar-refractivity contribution is -0.148. The second-order valence-corrected chi connectivity index (χ2v) is 4.23. The largest absolute Gasteiger partial charge is 0.508 e. The molecule has 2 atom stereocenters. The van der Waals surface area contributed by atoms with E-state index in [1.54, 1.807) is 12.1 Å². The number of ether oxygens (including phenoxy) is 1. The van der Waals surface area contributed by atoms with Crippen molar-refractivity contribution in [1.82, 2.24) is 0 Å². The van der Waals surface area contributed by atoms with E-state index in [2.05, 4.69) is 0 Å². The number of phenols is 1. The number of carbonyl (C=O) groups is 1. The smallest absolute Gasteiger partial charge is 0.309 e. The van der Waals surface area contributed by atoms with E-state index in [1.807, 2.05) is 19.9 Å². The summed E-state index contributed by atoms with van der Waals surface area (Å²) in [5.41, 5.74) is 2.21. The monoisotopic (exact) mass is 220 g/mol. The summed E-state index contributed by atoms with van der Waals surface area (Å²) in [5, 5.41) is 9.43. The molecule has 2 unspecified atom stereocenters. The third-order valence-electron chi connectivity index (χ3n) is 3.25. The normalized spacial score (nSPS) is 22.9. The van der Waals surface area contributed by atoms with Crippen molar-refractivity contribution >= 4 is 5.97 Å². The highest BCUT2D eigenvalue weighted by Crippen LogP contribution is 2.39. The summed E-state index contributed by atoms with van der Waals surface area (Å²) < 4.78 is 5.06. The Labute approximate surface area is 95.0 Å². The third-order valence-corrected chi connectivity index (χ3v) is 3.25. The summed E-state index contributed by atoms with van der Waals surface area (Å²) in [6.07, 6.45) is 0.718. The third kappa shape index (κ3) is 1.77. The first-order valence-electron chi connectivity index (χ1n) is 5.62. The van der Waals surface area contributed by atoms with Crippen molar-refractivity contribution in [1.29, 1.82) is 0 Å². The first-order chi connectivity index (χ1) is 7.63. The molecule has 86 valence electrons. The van der Waals surface area contributed by atoms with E-state index >= 15 is 0 Å². The van der Waals surface area contributed by atoms with E-state index in [1.165, 1.54) is 0 Å². The highest BCUT2D eigenvalue weighted by molar-refractivity contribution is 5.75. The summed E-state index contributed by atoms with van der Waals surface area (Å²) in [6, 6.07) is 5.30. The van der Waals surface area contributed by atoms with Gasteiger partial charge in [-0.1, -0.05) is 13.0 Å². The summed E-state index contributed by atoms with van der Waals surface area (Å²) in [7, 11) is 0. The molecule has 2 rings (SSSR count). The Kier molecular flexibility index (Phi) is 2.86. The number of hydrogen-bond donors (Lipinski definition) is 1. The van der Waals surface area contributed by atoms with Crippen LogP contribution in [0.3, 0.4) is 0 Å². The summed E-state index contributed by atoms with van der Waals surface area (Å²) in [6.45, 7) is 4.24. The molecule has 16 heavy (non-hydrogen) atoms. The molecule has 0 bridgehead atoms. The Morgan fingerprint density at radius 2 is 2.31 bits per heavy atom. The Balaban J connectivity index is 2.24. The average Bonchev–Trinajstić information content (AvgIpc) is 2.57. The lowest BCUT2D eigenvalue weighted by Crippen LogP contribution is -2.20. The molecule has 0 aromatic heterocycles. The second-order valence-electron chi connectivity index (χ2n) is 4.23. The minimum absolute atomic E-state index is 0.100. The molecule has 1 aliphatic rings. The molecule has 1 N–H and O–H groups in total. The fourth-order valence-electron chi connectivity index (χ4n) is 2.36. The average molecular weight is 220 g/mol. The molecule has 0 saturated heterocycles. The molecule has 0 heterocycles. The van der Waals surface area contributed by atoms with Crippen LogP contribution in [0.2, 0.25) is 0 Å². The molecule has 0 amide bonds. The fraction of sp³-hybridized carbons (Fsp3) is 0.462. The number of fused-ring (bicyclic) bond motifs is 1. The van der Waals surface area contributed by atoms with Crippen LogP contribution in [0.5, 0.6) is 5.75 Å². The van der Waals surface area contributed by atoms with Gasteiger partial charge in [0.05, 0.1) is 12.5 Å². The molecule has 0 spiro atoms. The van der Waals surface area contributed by atoms with Crippen LogP contribution < -0.4 is 0 Å². The van der Waals surface area contributed by atoms with Gasteiger partial charge in [-0.15, -0.1) is 0 Å². The van der Waals surface area contributed by atoms with E-state index in [0.717, 1.165) is 17.5 Å². The molecule has 0 aliphatic heterocycles. The van der Waals surface area contributed by atoms with Gasteiger partial charge in [0.25, 0.3) is 0 Å². The van der Waals surface area contributed by atoms with Crippen molar-refractivity contribution in [2.45, 2.75) is 26.2 Å². The van der Waals surface area contributed by atoms with Crippen LogP contribution in [0, 0.1) is 5.92 Å². The molecule has 3 heteroatoms. The van der Waals surface area contributed by atoms with Crippen LogP contribution in [0.1, 0.15) is 30.9 Å².